The van der Waals surface area contributed by atoms with Gasteiger partial charge in [-0.15, -0.1) is 0 Å². The van der Waals surface area contributed by atoms with Crippen molar-refractivity contribution in [2.75, 3.05) is 6.61 Å². The maximum atomic E-state index is 13.2. The van der Waals surface area contributed by atoms with Crippen molar-refractivity contribution in [3.63, 3.8) is 0 Å². The first-order valence-electron chi connectivity index (χ1n) is 10.5. The van der Waals surface area contributed by atoms with Crippen LogP contribution in [0, 0.1) is 6.92 Å². The molecule has 5 nitrogen and oxygen atoms in total. The molecule has 0 aliphatic carbocycles. The van der Waals surface area contributed by atoms with Gasteiger partial charge in [0, 0.05) is 22.6 Å². The van der Waals surface area contributed by atoms with E-state index in [1.807, 2.05) is 45.9 Å². The molecule has 0 aliphatic rings. The lowest BCUT2D eigenvalue weighted by Crippen LogP contribution is -2.51. The lowest BCUT2D eigenvalue weighted by atomic mass is 10.1. The Morgan fingerprint density at radius 1 is 1.10 bits per heavy atom. The van der Waals surface area contributed by atoms with E-state index in [9.17, 15) is 9.59 Å². The zero-order valence-corrected chi connectivity index (χ0v) is 20.0. The monoisotopic (exact) mass is 464 g/mol. The molecule has 2 aromatic rings. The Labute approximate surface area is 194 Å². The van der Waals surface area contributed by atoms with Crippen LogP contribution < -0.4 is 10.1 Å². The van der Waals surface area contributed by atoms with Gasteiger partial charge >= 0.3 is 0 Å². The average molecular weight is 465 g/mol. The van der Waals surface area contributed by atoms with Crippen molar-refractivity contribution in [2.45, 2.75) is 59.2 Å². The number of hydrogen-bond donors (Lipinski definition) is 1. The summed E-state index contributed by atoms with van der Waals surface area (Å²) in [5, 5.41) is 3.94. The summed E-state index contributed by atoms with van der Waals surface area (Å²) in [5.41, 5.74) is 1.75. The smallest absolute Gasteiger partial charge is 0.261 e. The highest BCUT2D eigenvalue weighted by atomic mass is 35.5. The Kier molecular flexibility index (Phi) is 9.66. The van der Waals surface area contributed by atoms with Crippen LogP contribution in [0.1, 0.15) is 44.7 Å². The summed E-state index contributed by atoms with van der Waals surface area (Å²) in [4.78, 5) is 27.7. The van der Waals surface area contributed by atoms with Crippen LogP contribution in [0.15, 0.2) is 42.5 Å². The van der Waals surface area contributed by atoms with Crippen molar-refractivity contribution in [1.82, 2.24) is 10.2 Å². The Morgan fingerprint density at radius 3 is 2.45 bits per heavy atom. The molecule has 2 amide bonds. The molecule has 0 heterocycles. The standard InChI is InChI=1S/C24H30Cl2N2O3/c1-5-17(4)27-24(30)22(6-2)28(14-18-10-11-19(25)13-21(18)26)23(29)15-31-20-9-7-8-16(3)12-20/h7-13,17,22H,5-6,14-15H2,1-4H3,(H,27,30)/t17-,22-/m0/s1. The molecule has 0 fully saturated rings. The molecular weight excluding hydrogens is 435 g/mol. The fraction of sp³-hybridized carbons (Fsp3) is 0.417. The summed E-state index contributed by atoms with van der Waals surface area (Å²) in [6, 6.07) is 12.0. The first-order valence-corrected chi connectivity index (χ1v) is 11.2. The number of nitrogens with zero attached hydrogens (tertiary/aromatic N) is 1. The number of hydrogen-bond acceptors (Lipinski definition) is 3. The second-order valence-corrected chi connectivity index (χ2v) is 8.45. The van der Waals surface area contributed by atoms with E-state index in [-0.39, 0.29) is 31.0 Å². The maximum Gasteiger partial charge on any atom is 0.261 e. The van der Waals surface area contributed by atoms with Gasteiger partial charge in [0.05, 0.1) is 0 Å². The number of rotatable bonds is 10. The van der Waals surface area contributed by atoms with E-state index in [4.69, 9.17) is 27.9 Å². The lowest BCUT2D eigenvalue weighted by Gasteiger charge is -2.31. The number of benzene rings is 2. The minimum atomic E-state index is -0.644. The van der Waals surface area contributed by atoms with Crippen LogP contribution in [0.4, 0.5) is 0 Å². The van der Waals surface area contributed by atoms with Gasteiger partial charge in [-0.2, -0.15) is 0 Å². The van der Waals surface area contributed by atoms with Gasteiger partial charge in [-0.25, -0.2) is 0 Å². The molecule has 0 spiro atoms. The molecule has 2 atom stereocenters. The van der Waals surface area contributed by atoms with E-state index in [0.717, 1.165) is 12.0 Å². The molecule has 2 rings (SSSR count). The second kappa shape index (κ2) is 12.0. The minimum absolute atomic E-state index is 0.0150. The molecule has 0 unspecified atom stereocenters. The highest BCUT2D eigenvalue weighted by Gasteiger charge is 2.30. The fourth-order valence-electron chi connectivity index (χ4n) is 3.13. The summed E-state index contributed by atoms with van der Waals surface area (Å²) in [6.45, 7) is 7.77. The topological polar surface area (TPSA) is 58.6 Å². The van der Waals surface area contributed by atoms with Gasteiger partial charge in [-0.1, -0.05) is 55.2 Å². The van der Waals surface area contributed by atoms with Gasteiger partial charge in [-0.05, 0) is 62.1 Å². The fourth-order valence-corrected chi connectivity index (χ4v) is 3.60. The van der Waals surface area contributed by atoms with Crippen LogP contribution in [0.5, 0.6) is 5.75 Å². The maximum absolute atomic E-state index is 13.2. The zero-order chi connectivity index (χ0) is 23.0. The summed E-state index contributed by atoms with van der Waals surface area (Å²) in [6.07, 6.45) is 1.26. The highest BCUT2D eigenvalue weighted by molar-refractivity contribution is 6.35. The van der Waals surface area contributed by atoms with Crippen molar-refractivity contribution >= 4 is 35.0 Å². The van der Waals surface area contributed by atoms with Crippen molar-refractivity contribution in [3.8, 4) is 5.75 Å². The van der Waals surface area contributed by atoms with E-state index in [1.54, 1.807) is 24.3 Å². The summed E-state index contributed by atoms with van der Waals surface area (Å²) in [7, 11) is 0. The van der Waals surface area contributed by atoms with Crippen LogP contribution >= 0.6 is 23.2 Å². The Morgan fingerprint density at radius 2 is 1.84 bits per heavy atom. The van der Waals surface area contributed by atoms with Crippen LogP contribution in [0.3, 0.4) is 0 Å². The van der Waals surface area contributed by atoms with Crippen LogP contribution in [-0.4, -0.2) is 35.4 Å². The summed E-state index contributed by atoms with van der Waals surface area (Å²) >= 11 is 12.4. The average Bonchev–Trinajstić information content (AvgIpc) is 2.73. The third kappa shape index (κ3) is 7.44. The van der Waals surface area contributed by atoms with Gasteiger partial charge < -0.3 is 15.0 Å². The zero-order valence-electron chi connectivity index (χ0n) is 18.5. The van der Waals surface area contributed by atoms with Gasteiger partial charge in [0.2, 0.25) is 5.91 Å². The number of ether oxygens (including phenoxy) is 1. The molecule has 0 aliphatic heterocycles. The van der Waals surface area contributed by atoms with Gasteiger partial charge in [-0.3, -0.25) is 9.59 Å². The first kappa shape index (κ1) is 25.0. The van der Waals surface area contributed by atoms with Crippen molar-refractivity contribution < 1.29 is 14.3 Å². The van der Waals surface area contributed by atoms with E-state index >= 15 is 0 Å². The largest absolute Gasteiger partial charge is 0.484 e. The molecule has 31 heavy (non-hydrogen) atoms. The Balaban J connectivity index is 2.26. The predicted molar refractivity (Wildman–Crippen MR) is 126 cm³/mol. The van der Waals surface area contributed by atoms with E-state index < -0.39 is 6.04 Å². The number of halogens is 2. The molecule has 2 aromatic carbocycles. The molecule has 0 saturated carbocycles. The Bertz CT molecular complexity index is 904. The molecule has 0 saturated heterocycles. The van der Waals surface area contributed by atoms with Crippen LogP contribution in [-0.2, 0) is 16.1 Å². The number of nitrogens with one attached hydrogen (secondary N) is 1. The Hall–Kier alpha value is -2.24. The first-order chi connectivity index (χ1) is 14.7. The van der Waals surface area contributed by atoms with Crippen molar-refractivity contribution in [1.29, 1.82) is 0 Å². The molecule has 168 valence electrons. The number of aryl methyl sites for hydroxylation is 1. The van der Waals surface area contributed by atoms with Crippen LogP contribution in [0.2, 0.25) is 10.0 Å². The third-order valence-electron chi connectivity index (χ3n) is 5.09. The summed E-state index contributed by atoms with van der Waals surface area (Å²) in [5.74, 6) is 0.124. The normalized spacial score (nSPS) is 12.7. The summed E-state index contributed by atoms with van der Waals surface area (Å²) < 4.78 is 5.72. The van der Waals surface area contributed by atoms with Gasteiger partial charge in [0.1, 0.15) is 11.8 Å². The van der Waals surface area contributed by atoms with Crippen molar-refractivity contribution in [2.24, 2.45) is 0 Å². The number of carbonyl (C=O) groups excluding carboxylic acids is 2. The number of amides is 2. The number of carbonyl (C=O) groups is 2. The SMILES string of the molecule is CC[C@H](C)NC(=O)[C@H](CC)N(Cc1ccc(Cl)cc1Cl)C(=O)COc1cccc(C)c1. The van der Waals surface area contributed by atoms with E-state index in [1.165, 1.54) is 4.90 Å². The van der Waals surface area contributed by atoms with Crippen LogP contribution in [0.25, 0.3) is 0 Å². The van der Waals surface area contributed by atoms with E-state index in [0.29, 0.717) is 27.8 Å². The van der Waals surface area contributed by atoms with Gasteiger partial charge in [0.15, 0.2) is 6.61 Å². The minimum Gasteiger partial charge on any atom is -0.484 e. The molecule has 1 N–H and O–H groups in total. The predicted octanol–water partition coefficient (Wildman–Crippen LogP) is 5.40. The lowest BCUT2D eigenvalue weighted by molar-refractivity contribution is -0.143. The van der Waals surface area contributed by atoms with Crippen molar-refractivity contribution in [3.05, 3.63) is 63.6 Å². The highest BCUT2D eigenvalue weighted by Crippen LogP contribution is 2.24. The molecular formula is C24H30Cl2N2O3. The molecule has 0 radical (unpaired) electrons. The second-order valence-electron chi connectivity index (χ2n) is 7.60. The van der Waals surface area contributed by atoms with Gasteiger partial charge in [0.25, 0.3) is 5.91 Å². The molecule has 0 bridgehead atoms. The molecule has 7 heteroatoms. The quantitative estimate of drug-likeness (QED) is 0.511. The third-order valence-corrected chi connectivity index (χ3v) is 5.68. The van der Waals surface area contributed by atoms with E-state index in [2.05, 4.69) is 5.32 Å². The molecule has 0 aromatic heterocycles.